The van der Waals surface area contributed by atoms with Gasteiger partial charge in [-0.05, 0) is 124 Å². The molecule has 6 aliphatic heterocycles. The van der Waals surface area contributed by atoms with Crippen LogP contribution in [0.2, 0.25) is 0 Å². The molecular weight excluding hydrogens is 1510 g/mol. The maximum Gasteiger partial charge on any atom is 0.404 e. The first kappa shape index (κ1) is 81.8. The molecule has 618 valence electrons. The van der Waals surface area contributed by atoms with Gasteiger partial charge in [-0.2, -0.15) is 39.5 Å². The van der Waals surface area contributed by atoms with E-state index >= 15 is 0 Å². The zero-order valence-electron chi connectivity index (χ0n) is 61.7. The topological polar surface area (TPSA) is 356 Å². The standard InChI is InChI=1S/C14H17F3O4.2C12H14F2O5.C12H14F2O4.2C12H15FO4/c1-13(2,14(15,16)17)12(19)20-5-9-6-3-7-8(4-6)11(18)21-10(7)9;1-12(13,14)11(17)18-3-6-4-2-5-7(8(4)15)10(16)19-9(5)6;1-12(13,14)11(17)19-8-4-2-5-7(6(4)3-15)10(16)18-9(5)8;1-12(13,14)11(16)17-4-8-5-2-6-7(3-5)10(15)18-9(6)8;2*1-12(2,13)11(15)17-8-5-3-6-7(4-5)10(14)16-9(6)8/h6-10H,3-5H2,1-2H3;2*4-9,15H,2-3H2,1H3;5-9H,2-4H2,1H3;2*5-9H,3-4H2,1-2H3. The Balaban J connectivity index is 0.000000117. The Morgan fingerprint density at radius 2 is 0.658 bits per heavy atom. The molecule has 0 radical (unpaired) electrons. The van der Waals surface area contributed by atoms with Crippen molar-refractivity contribution in [3.05, 3.63) is 0 Å². The van der Waals surface area contributed by atoms with Crippen LogP contribution in [0.25, 0.3) is 0 Å². The van der Waals surface area contributed by atoms with Crippen molar-refractivity contribution in [2.45, 2.75) is 223 Å². The molecule has 0 aromatic heterocycles. The van der Waals surface area contributed by atoms with Crippen molar-refractivity contribution < 1.29 is 173 Å². The van der Waals surface area contributed by atoms with Crippen LogP contribution in [0, 0.1) is 136 Å². The summed E-state index contributed by atoms with van der Waals surface area (Å²) in [4.78, 5) is 137. The van der Waals surface area contributed by atoms with Crippen molar-refractivity contribution in [1.82, 2.24) is 0 Å². The third kappa shape index (κ3) is 14.7. The van der Waals surface area contributed by atoms with Crippen LogP contribution in [0.1, 0.15) is 127 Å². The summed E-state index contributed by atoms with van der Waals surface area (Å²) < 4.78 is 202. The number of alkyl halides is 11. The van der Waals surface area contributed by atoms with Crippen LogP contribution in [0.15, 0.2) is 0 Å². The second-order valence-electron chi connectivity index (χ2n) is 35.1. The SMILES string of the molecule is CC(C)(C(=O)OCC1C2CC3C(=O)OC1C3C2)C(F)(F)F.CC(C)(F)C(=O)OC1C2CC3C(=O)OC1C3C2.CC(C)(F)C(=O)OC1C2CC3C(=O)OC1C3C2.CC(F)(F)C(=O)OC1C2CC3C1OC(=O)C3C2CO.CC(F)(F)C(=O)OCC1C2CC3C(=O)OC1C3C2.CC(F)(F)C(=O)OCC1C2CC3C1OC(=O)C3C2O. The second kappa shape index (κ2) is 28.7. The van der Waals surface area contributed by atoms with Crippen LogP contribution >= 0.6 is 0 Å². The number of aliphatic hydroxyl groups is 2. The molecule has 0 aromatic carbocycles. The minimum Gasteiger partial charge on any atom is -0.465 e. The third-order valence-electron chi connectivity index (χ3n) is 27.0. The molecule has 6 heterocycles. The van der Waals surface area contributed by atoms with E-state index in [0.717, 1.165) is 46.0 Å². The third-order valence-corrected chi connectivity index (χ3v) is 27.0. The van der Waals surface area contributed by atoms with E-state index in [4.69, 9.17) is 47.4 Å². The van der Waals surface area contributed by atoms with Gasteiger partial charge in [0.2, 0.25) is 11.3 Å². The van der Waals surface area contributed by atoms with Crippen LogP contribution in [-0.2, 0) is 114 Å². The van der Waals surface area contributed by atoms with Gasteiger partial charge in [-0.1, -0.05) is 0 Å². The highest BCUT2D eigenvalue weighted by Crippen LogP contribution is 2.63. The predicted octanol–water partition coefficient (Wildman–Crippen LogP) is 6.86. The van der Waals surface area contributed by atoms with Crippen molar-refractivity contribution in [2.75, 3.05) is 26.4 Å². The van der Waals surface area contributed by atoms with E-state index in [1.54, 1.807) is 0 Å². The fraction of sp³-hybridized carbons (Fsp3) is 0.838. The molecule has 18 rings (SSSR count). The van der Waals surface area contributed by atoms with E-state index < -0.39 is 131 Å². The first-order valence-electron chi connectivity index (χ1n) is 37.7. The number of esters is 12. The fourth-order valence-electron chi connectivity index (χ4n) is 21.5. The predicted molar refractivity (Wildman–Crippen MR) is 340 cm³/mol. The number of carbonyl (C=O) groups is 12. The van der Waals surface area contributed by atoms with Crippen molar-refractivity contribution in [3.63, 3.8) is 0 Å². The first-order chi connectivity index (χ1) is 51.4. The number of hydrogen-bond donors (Lipinski definition) is 2. The lowest BCUT2D eigenvalue weighted by atomic mass is 9.79. The van der Waals surface area contributed by atoms with Crippen molar-refractivity contribution >= 4 is 71.6 Å². The number of carbonyl (C=O) groups excluding carboxylic acids is 12. The summed E-state index contributed by atoms with van der Waals surface area (Å²) in [6.45, 7) is 7.10. The smallest absolute Gasteiger partial charge is 0.404 e. The van der Waals surface area contributed by atoms with Crippen molar-refractivity contribution in [2.24, 2.45) is 136 Å². The molecule has 18 fully saturated rings. The highest BCUT2D eigenvalue weighted by molar-refractivity contribution is 5.83. The number of fused-ring (bicyclic) bond motifs is 6. The van der Waals surface area contributed by atoms with Crippen LogP contribution in [0.4, 0.5) is 48.3 Å². The maximum atomic E-state index is 13.4. The summed E-state index contributed by atoms with van der Waals surface area (Å²) >= 11 is 0. The van der Waals surface area contributed by atoms with Gasteiger partial charge in [-0.3, -0.25) is 33.6 Å². The number of halogens is 11. The monoisotopic (exact) mass is 1600 g/mol. The number of rotatable bonds is 16. The highest BCUT2D eigenvalue weighted by Gasteiger charge is 2.71. The van der Waals surface area contributed by atoms with Gasteiger partial charge >= 0.3 is 95.6 Å². The highest BCUT2D eigenvalue weighted by atomic mass is 19.4. The van der Waals surface area contributed by atoms with Gasteiger partial charge in [-0.15, -0.1) is 0 Å². The quantitative estimate of drug-likeness (QED) is 0.0905. The average molecular weight is 1600 g/mol. The minimum atomic E-state index is -4.65. The van der Waals surface area contributed by atoms with Gasteiger partial charge in [0.15, 0.2) is 5.41 Å². The molecular formula is C74H89F11O26. The number of ether oxygens (including phenoxy) is 12. The Morgan fingerprint density at radius 3 is 1.06 bits per heavy atom. The summed E-state index contributed by atoms with van der Waals surface area (Å²) in [5.74, 6) is -21.1. The molecule has 2 N–H and O–H groups in total. The summed E-state index contributed by atoms with van der Waals surface area (Å²) in [6, 6.07) is 0. The van der Waals surface area contributed by atoms with E-state index in [-0.39, 0.29) is 199 Å². The van der Waals surface area contributed by atoms with Gasteiger partial charge < -0.3 is 67.1 Å². The van der Waals surface area contributed by atoms with E-state index in [2.05, 4.69) is 9.47 Å². The van der Waals surface area contributed by atoms with Gasteiger partial charge in [0.05, 0.1) is 61.4 Å². The van der Waals surface area contributed by atoms with Gasteiger partial charge in [0.25, 0.3) is 0 Å². The average Bonchev–Trinajstić information content (AvgIpc) is 1.77. The Bertz CT molecular complexity index is 3670. The molecule has 37 heteroatoms. The molecule has 26 nitrogen and oxygen atoms in total. The molecule has 32 unspecified atom stereocenters. The van der Waals surface area contributed by atoms with Gasteiger partial charge in [0, 0.05) is 104 Å². The largest absolute Gasteiger partial charge is 0.465 e. The maximum absolute atomic E-state index is 13.4. The van der Waals surface area contributed by atoms with E-state index in [9.17, 15) is 116 Å². The normalized spacial score (nSPS) is 41.8. The molecule has 6 saturated heterocycles. The van der Waals surface area contributed by atoms with E-state index in [1.807, 2.05) is 0 Å². The Hall–Kier alpha value is -7.21. The zero-order chi connectivity index (χ0) is 81.3. The molecule has 0 aromatic rings. The zero-order valence-corrected chi connectivity index (χ0v) is 61.7. The first-order valence-corrected chi connectivity index (χ1v) is 37.7. The van der Waals surface area contributed by atoms with Crippen LogP contribution < -0.4 is 0 Å². The lowest BCUT2D eigenvalue weighted by molar-refractivity contribution is -0.226. The van der Waals surface area contributed by atoms with Crippen LogP contribution in [-0.4, -0.2) is 205 Å². The van der Waals surface area contributed by atoms with E-state index in [0.29, 0.717) is 52.9 Å². The lowest BCUT2D eigenvalue weighted by Gasteiger charge is -2.30. The molecule has 32 atom stereocenters. The van der Waals surface area contributed by atoms with E-state index in [1.165, 1.54) is 27.7 Å². The molecule has 0 spiro atoms. The molecule has 12 bridgehead atoms. The Labute approximate surface area is 627 Å². The Morgan fingerprint density at radius 1 is 0.342 bits per heavy atom. The molecule has 12 aliphatic carbocycles. The summed E-state index contributed by atoms with van der Waals surface area (Å²) in [5, 5.41) is 19.3. The van der Waals surface area contributed by atoms with Crippen LogP contribution in [0.5, 0.6) is 0 Å². The Kier molecular flexibility index (Phi) is 21.1. The minimum absolute atomic E-state index is 0.0143. The summed E-state index contributed by atoms with van der Waals surface area (Å²) in [7, 11) is 0. The summed E-state index contributed by atoms with van der Waals surface area (Å²) in [5.41, 5.74) is -6.52. The number of hydrogen-bond acceptors (Lipinski definition) is 26. The van der Waals surface area contributed by atoms with Gasteiger partial charge in [-0.25, -0.2) is 32.8 Å². The summed E-state index contributed by atoms with van der Waals surface area (Å²) in [6.07, 6.45) is -1.96. The molecule has 18 aliphatic rings. The lowest BCUT2D eigenvalue weighted by Crippen LogP contribution is -2.44. The van der Waals surface area contributed by atoms with Gasteiger partial charge in [0.1, 0.15) is 54.9 Å². The molecule has 111 heavy (non-hydrogen) atoms. The van der Waals surface area contributed by atoms with Crippen molar-refractivity contribution in [3.8, 4) is 0 Å². The number of aliphatic hydroxyl groups excluding tert-OH is 2. The molecule has 0 amide bonds. The molecule has 12 saturated carbocycles. The second-order valence-corrected chi connectivity index (χ2v) is 35.1. The fourth-order valence-corrected chi connectivity index (χ4v) is 21.5. The van der Waals surface area contributed by atoms with Crippen LogP contribution in [0.3, 0.4) is 0 Å². The van der Waals surface area contributed by atoms with Crippen molar-refractivity contribution in [1.29, 1.82) is 0 Å².